The molecule has 0 saturated carbocycles. The van der Waals surface area contributed by atoms with Crippen molar-refractivity contribution >= 4 is 23.2 Å². The number of anilines is 1. The number of carbonyl (C=O) groups is 1. The third-order valence-electron chi connectivity index (χ3n) is 3.10. The van der Waals surface area contributed by atoms with Crippen LogP contribution in [0.3, 0.4) is 0 Å². The Morgan fingerprint density at radius 2 is 2.30 bits per heavy atom. The second kappa shape index (κ2) is 6.43. The summed E-state index contributed by atoms with van der Waals surface area (Å²) in [6, 6.07) is 4.87. The molecule has 106 valence electrons. The third-order valence-corrected chi connectivity index (χ3v) is 3.45. The highest BCUT2D eigenvalue weighted by Gasteiger charge is 2.07. The van der Waals surface area contributed by atoms with Crippen LogP contribution in [-0.4, -0.2) is 22.6 Å². The summed E-state index contributed by atoms with van der Waals surface area (Å²) in [5.74, 6) is -0.141. The molecule has 0 aliphatic rings. The van der Waals surface area contributed by atoms with Gasteiger partial charge in [0.15, 0.2) is 0 Å². The smallest absolute Gasteiger partial charge is 0.251 e. The molecule has 0 unspecified atom stereocenters. The van der Waals surface area contributed by atoms with Gasteiger partial charge in [-0.05, 0) is 43.5 Å². The minimum absolute atomic E-state index is 0.141. The molecule has 4 N–H and O–H groups in total. The summed E-state index contributed by atoms with van der Waals surface area (Å²) in [5.41, 5.74) is 8.85. The molecule has 1 amide bonds. The van der Waals surface area contributed by atoms with Crippen molar-refractivity contribution in [1.29, 1.82) is 0 Å². The van der Waals surface area contributed by atoms with E-state index >= 15 is 0 Å². The van der Waals surface area contributed by atoms with Gasteiger partial charge in [0.2, 0.25) is 0 Å². The van der Waals surface area contributed by atoms with E-state index in [-0.39, 0.29) is 5.91 Å². The van der Waals surface area contributed by atoms with Gasteiger partial charge in [-0.1, -0.05) is 11.6 Å². The molecule has 1 aromatic heterocycles. The minimum atomic E-state index is -0.141. The van der Waals surface area contributed by atoms with Gasteiger partial charge in [-0.25, -0.2) is 0 Å². The van der Waals surface area contributed by atoms with Crippen molar-refractivity contribution in [3.63, 3.8) is 0 Å². The van der Waals surface area contributed by atoms with E-state index in [2.05, 4.69) is 15.5 Å². The molecule has 0 saturated heterocycles. The van der Waals surface area contributed by atoms with Gasteiger partial charge in [0.1, 0.15) is 0 Å². The number of aryl methyl sites for hydroxylation is 2. The molecule has 0 radical (unpaired) electrons. The SMILES string of the molecule is Cc1[nH]ncc1CCCNC(=O)c1ccc(Cl)c(N)c1. The lowest BCUT2D eigenvalue weighted by Crippen LogP contribution is -2.24. The molecular formula is C14H17ClN4O. The molecule has 0 aliphatic heterocycles. The number of nitrogen functional groups attached to an aromatic ring is 1. The number of nitrogens with two attached hydrogens (primary N) is 1. The molecular weight excluding hydrogens is 276 g/mol. The van der Waals surface area contributed by atoms with E-state index in [4.69, 9.17) is 17.3 Å². The first kappa shape index (κ1) is 14.4. The molecule has 5 nitrogen and oxygen atoms in total. The van der Waals surface area contributed by atoms with Gasteiger partial charge in [0.05, 0.1) is 16.9 Å². The van der Waals surface area contributed by atoms with Crippen LogP contribution in [0.2, 0.25) is 5.02 Å². The van der Waals surface area contributed by atoms with Crippen LogP contribution in [0.15, 0.2) is 24.4 Å². The van der Waals surface area contributed by atoms with E-state index in [1.807, 2.05) is 13.1 Å². The fourth-order valence-corrected chi connectivity index (χ4v) is 2.01. The van der Waals surface area contributed by atoms with Crippen molar-refractivity contribution < 1.29 is 4.79 Å². The Labute approximate surface area is 122 Å². The van der Waals surface area contributed by atoms with Gasteiger partial charge in [-0.3, -0.25) is 9.89 Å². The van der Waals surface area contributed by atoms with E-state index in [9.17, 15) is 4.79 Å². The van der Waals surface area contributed by atoms with Crippen molar-refractivity contribution in [2.75, 3.05) is 12.3 Å². The normalized spacial score (nSPS) is 10.5. The fourth-order valence-electron chi connectivity index (χ4n) is 1.90. The summed E-state index contributed by atoms with van der Waals surface area (Å²) >= 11 is 5.82. The van der Waals surface area contributed by atoms with Gasteiger partial charge in [-0.2, -0.15) is 5.10 Å². The van der Waals surface area contributed by atoms with Crippen LogP contribution < -0.4 is 11.1 Å². The lowest BCUT2D eigenvalue weighted by molar-refractivity contribution is 0.0953. The van der Waals surface area contributed by atoms with E-state index < -0.39 is 0 Å². The summed E-state index contributed by atoms with van der Waals surface area (Å²) in [6.07, 6.45) is 3.55. The van der Waals surface area contributed by atoms with E-state index in [0.717, 1.165) is 18.5 Å². The molecule has 1 heterocycles. The van der Waals surface area contributed by atoms with Gasteiger partial charge in [0.25, 0.3) is 5.91 Å². The van der Waals surface area contributed by atoms with Crippen LogP contribution in [0.4, 0.5) is 5.69 Å². The summed E-state index contributed by atoms with van der Waals surface area (Å²) in [7, 11) is 0. The molecule has 0 spiro atoms. The summed E-state index contributed by atoms with van der Waals surface area (Å²) in [4.78, 5) is 11.9. The molecule has 0 atom stereocenters. The number of carbonyl (C=O) groups excluding carboxylic acids is 1. The van der Waals surface area contributed by atoms with E-state index in [1.165, 1.54) is 5.56 Å². The first-order chi connectivity index (χ1) is 9.58. The summed E-state index contributed by atoms with van der Waals surface area (Å²) in [5, 5.41) is 10.2. The summed E-state index contributed by atoms with van der Waals surface area (Å²) < 4.78 is 0. The quantitative estimate of drug-likeness (QED) is 0.584. The highest BCUT2D eigenvalue weighted by Crippen LogP contribution is 2.19. The topological polar surface area (TPSA) is 83.8 Å². The standard InChI is InChI=1S/C14H17ClN4O/c1-9-11(8-18-19-9)3-2-6-17-14(20)10-4-5-12(15)13(16)7-10/h4-5,7-8H,2-3,6,16H2,1H3,(H,17,20)(H,18,19). The van der Waals surface area contributed by atoms with E-state index in [0.29, 0.717) is 22.8 Å². The zero-order chi connectivity index (χ0) is 14.5. The number of H-pyrrole nitrogens is 1. The lowest BCUT2D eigenvalue weighted by Gasteiger charge is -2.06. The van der Waals surface area contributed by atoms with Gasteiger partial charge < -0.3 is 11.1 Å². The number of aromatic nitrogens is 2. The van der Waals surface area contributed by atoms with Crippen LogP contribution in [0.1, 0.15) is 28.0 Å². The highest BCUT2D eigenvalue weighted by atomic mass is 35.5. The van der Waals surface area contributed by atoms with Crippen LogP contribution in [0.25, 0.3) is 0 Å². The second-order valence-electron chi connectivity index (χ2n) is 4.62. The lowest BCUT2D eigenvalue weighted by atomic mass is 10.1. The van der Waals surface area contributed by atoms with Crippen molar-refractivity contribution in [1.82, 2.24) is 15.5 Å². The third kappa shape index (κ3) is 3.51. The predicted octanol–water partition coefficient (Wildman–Crippen LogP) is 2.32. The van der Waals surface area contributed by atoms with Gasteiger partial charge >= 0.3 is 0 Å². The highest BCUT2D eigenvalue weighted by molar-refractivity contribution is 6.33. The number of aromatic amines is 1. The molecule has 0 fully saturated rings. The van der Waals surface area contributed by atoms with Crippen LogP contribution >= 0.6 is 11.6 Å². The van der Waals surface area contributed by atoms with Crippen LogP contribution in [-0.2, 0) is 6.42 Å². The van der Waals surface area contributed by atoms with Crippen molar-refractivity contribution in [3.05, 3.63) is 46.2 Å². The molecule has 2 rings (SSSR count). The monoisotopic (exact) mass is 292 g/mol. The maximum atomic E-state index is 11.9. The van der Waals surface area contributed by atoms with Crippen molar-refractivity contribution in [2.24, 2.45) is 0 Å². The van der Waals surface area contributed by atoms with Crippen LogP contribution in [0.5, 0.6) is 0 Å². The van der Waals surface area contributed by atoms with Crippen LogP contribution in [0, 0.1) is 6.92 Å². The first-order valence-corrected chi connectivity index (χ1v) is 6.78. The second-order valence-corrected chi connectivity index (χ2v) is 5.02. The number of benzene rings is 1. The number of hydrogen-bond acceptors (Lipinski definition) is 3. The maximum absolute atomic E-state index is 11.9. The molecule has 1 aromatic carbocycles. The number of nitrogens with one attached hydrogen (secondary N) is 2. The van der Waals surface area contributed by atoms with E-state index in [1.54, 1.807) is 18.2 Å². The maximum Gasteiger partial charge on any atom is 0.251 e. The zero-order valence-electron chi connectivity index (χ0n) is 11.2. The Morgan fingerprint density at radius 1 is 1.50 bits per heavy atom. The van der Waals surface area contributed by atoms with Gasteiger partial charge in [0, 0.05) is 17.8 Å². The minimum Gasteiger partial charge on any atom is -0.398 e. The molecule has 0 aliphatic carbocycles. The predicted molar refractivity (Wildman–Crippen MR) is 79.8 cm³/mol. The molecule has 6 heteroatoms. The van der Waals surface area contributed by atoms with Gasteiger partial charge in [-0.15, -0.1) is 0 Å². The average Bonchev–Trinajstić information content (AvgIpc) is 2.83. The molecule has 2 aromatic rings. The number of halogens is 1. The number of nitrogens with zero attached hydrogens (tertiary/aromatic N) is 1. The zero-order valence-corrected chi connectivity index (χ0v) is 12.0. The molecule has 20 heavy (non-hydrogen) atoms. The van der Waals surface area contributed by atoms with Crippen molar-refractivity contribution in [2.45, 2.75) is 19.8 Å². The number of hydrogen-bond donors (Lipinski definition) is 3. The number of amides is 1. The Hall–Kier alpha value is -2.01. The first-order valence-electron chi connectivity index (χ1n) is 6.40. The Kier molecular flexibility index (Phi) is 4.63. The number of rotatable bonds is 5. The molecule has 0 bridgehead atoms. The van der Waals surface area contributed by atoms with Crippen molar-refractivity contribution in [3.8, 4) is 0 Å². The Bertz CT molecular complexity index is 609. The fraction of sp³-hybridized carbons (Fsp3) is 0.286. The average molecular weight is 293 g/mol. The summed E-state index contributed by atoms with van der Waals surface area (Å²) in [6.45, 7) is 2.59. The largest absolute Gasteiger partial charge is 0.398 e. The Morgan fingerprint density at radius 3 is 2.95 bits per heavy atom. The Balaban J connectivity index is 1.80.